The van der Waals surface area contributed by atoms with Gasteiger partial charge in [-0.2, -0.15) is 0 Å². The number of carbonyl (C=O) groups is 2. The second-order valence-electron chi connectivity index (χ2n) is 6.43. The lowest BCUT2D eigenvalue weighted by atomic mass is 10.2. The van der Waals surface area contributed by atoms with Crippen LogP contribution in [0.4, 0.5) is 11.4 Å². The minimum atomic E-state index is -0.965. The Morgan fingerprint density at radius 1 is 0.967 bits per heavy atom. The smallest absolute Gasteiger partial charge is 0.338 e. The van der Waals surface area contributed by atoms with Crippen LogP contribution in [0.25, 0.3) is 0 Å². The summed E-state index contributed by atoms with van der Waals surface area (Å²) in [5.74, 6) is 0.355. The second-order valence-corrected chi connectivity index (χ2v) is 7.28. The molecule has 0 saturated carbocycles. The highest BCUT2D eigenvalue weighted by molar-refractivity contribution is 7.98. The van der Waals surface area contributed by atoms with E-state index in [0.717, 1.165) is 10.6 Å². The topological polar surface area (TPSA) is 90.7 Å². The molecule has 0 aromatic heterocycles. The monoisotopic (exact) mass is 422 g/mol. The van der Waals surface area contributed by atoms with Crippen LogP contribution in [0.1, 0.15) is 17.3 Å². The molecular weight excluding hydrogens is 400 g/mol. The number of para-hydroxylation sites is 1. The molecule has 3 aromatic rings. The van der Waals surface area contributed by atoms with Crippen molar-refractivity contribution in [2.45, 2.75) is 17.9 Å². The Bertz CT molecular complexity index is 1020. The third-order valence-electron chi connectivity index (χ3n) is 4.22. The molecule has 0 fully saturated rings. The zero-order valence-electron chi connectivity index (χ0n) is 16.6. The lowest BCUT2D eigenvalue weighted by Gasteiger charge is -2.14. The van der Waals surface area contributed by atoms with Gasteiger partial charge in [-0.1, -0.05) is 18.2 Å². The number of nitrogens with one attached hydrogen (secondary N) is 1. The van der Waals surface area contributed by atoms with Crippen LogP contribution in [-0.2, 0) is 9.53 Å². The average Bonchev–Trinajstić information content (AvgIpc) is 2.76. The van der Waals surface area contributed by atoms with Crippen molar-refractivity contribution in [2.24, 2.45) is 0 Å². The van der Waals surface area contributed by atoms with Gasteiger partial charge in [-0.05, 0) is 67.8 Å². The van der Waals surface area contributed by atoms with Crippen LogP contribution >= 0.6 is 11.8 Å². The van der Waals surface area contributed by atoms with E-state index >= 15 is 0 Å². The predicted octanol–water partition coefficient (Wildman–Crippen LogP) is 4.97. The fourth-order valence-electron chi connectivity index (χ4n) is 2.60. The Balaban J connectivity index is 1.56. The molecule has 154 valence electrons. The highest BCUT2D eigenvalue weighted by atomic mass is 32.2. The first kappa shape index (κ1) is 21.3. The van der Waals surface area contributed by atoms with Crippen molar-refractivity contribution in [3.63, 3.8) is 0 Å². The molecule has 0 aliphatic heterocycles. The number of hydrogen-bond acceptors (Lipinski definition) is 6. The van der Waals surface area contributed by atoms with Gasteiger partial charge in [-0.25, -0.2) is 4.79 Å². The Morgan fingerprint density at radius 3 is 2.30 bits per heavy atom. The molecule has 0 aliphatic carbocycles. The fraction of sp³-hybridized carbons (Fsp3) is 0.130. The molecule has 3 rings (SSSR count). The SMILES string of the molecule is CSc1cc(C(=O)O[C@@H](C)C(=O)Nc2ccc(Oc3ccccc3)cc2)ccc1N. The lowest BCUT2D eigenvalue weighted by molar-refractivity contribution is -0.123. The van der Waals surface area contributed by atoms with E-state index in [0.29, 0.717) is 22.7 Å². The molecule has 1 amide bonds. The number of rotatable bonds is 7. The Morgan fingerprint density at radius 2 is 1.63 bits per heavy atom. The van der Waals surface area contributed by atoms with Gasteiger partial charge in [0, 0.05) is 16.3 Å². The van der Waals surface area contributed by atoms with E-state index in [1.54, 1.807) is 42.5 Å². The predicted molar refractivity (Wildman–Crippen MR) is 119 cm³/mol. The Hall–Kier alpha value is -3.45. The summed E-state index contributed by atoms with van der Waals surface area (Å²) in [6.07, 6.45) is 0.903. The molecule has 3 aromatic carbocycles. The van der Waals surface area contributed by atoms with Gasteiger partial charge < -0.3 is 20.5 Å². The Kier molecular flexibility index (Phi) is 6.98. The third kappa shape index (κ3) is 5.55. The van der Waals surface area contributed by atoms with Crippen LogP contribution in [0, 0.1) is 0 Å². The maximum Gasteiger partial charge on any atom is 0.338 e. The number of hydrogen-bond donors (Lipinski definition) is 2. The molecule has 30 heavy (non-hydrogen) atoms. The van der Waals surface area contributed by atoms with Crippen molar-refractivity contribution in [3.8, 4) is 11.5 Å². The molecule has 7 heteroatoms. The van der Waals surface area contributed by atoms with Crippen LogP contribution in [-0.4, -0.2) is 24.2 Å². The minimum absolute atomic E-state index is 0.343. The van der Waals surface area contributed by atoms with Crippen LogP contribution in [0.15, 0.2) is 77.7 Å². The quantitative estimate of drug-likeness (QED) is 0.317. The van der Waals surface area contributed by atoms with Gasteiger partial charge >= 0.3 is 5.97 Å². The van der Waals surface area contributed by atoms with Crippen molar-refractivity contribution < 1.29 is 19.1 Å². The maximum atomic E-state index is 12.4. The zero-order chi connectivity index (χ0) is 21.5. The minimum Gasteiger partial charge on any atom is -0.457 e. The maximum absolute atomic E-state index is 12.4. The van der Waals surface area contributed by atoms with Crippen molar-refractivity contribution in [1.82, 2.24) is 0 Å². The largest absolute Gasteiger partial charge is 0.457 e. The van der Waals surface area contributed by atoms with E-state index in [9.17, 15) is 9.59 Å². The highest BCUT2D eigenvalue weighted by Gasteiger charge is 2.19. The number of thioether (sulfide) groups is 1. The zero-order valence-corrected chi connectivity index (χ0v) is 17.4. The summed E-state index contributed by atoms with van der Waals surface area (Å²) in [4.78, 5) is 25.5. The molecule has 0 unspecified atom stereocenters. The van der Waals surface area contributed by atoms with Crippen molar-refractivity contribution in [2.75, 3.05) is 17.3 Å². The highest BCUT2D eigenvalue weighted by Crippen LogP contribution is 2.25. The van der Waals surface area contributed by atoms with Crippen LogP contribution in [0.5, 0.6) is 11.5 Å². The Labute approximate surface area is 179 Å². The van der Waals surface area contributed by atoms with Crippen LogP contribution in [0.3, 0.4) is 0 Å². The van der Waals surface area contributed by atoms with Gasteiger partial charge in [-0.3, -0.25) is 4.79 Å². The van der Waals surface area contributed by atoms with Crippen molar-refractivity contribution in [1.29, 1.82) is 0 Å². The standard InChI is InChI=1S/C23H22N2O4S/c1-15(28-23(27)16-8-13-20(24)21(14-16)30-2)22(26)25-17-9-11-19(12-10-17)29-18-6-4-3-5-7-18/h3-15H,24H2,1-2H3,(H,25,26)/t15-/m0/s1. The summed E-state index contributed by atoms with van der Waals surface area (Å²) in [5.41, 5.74) is 7.34. The van der Waals surface area contributed by atoms with Gasteiger partial charge in [0.05, 0.1) is 5.56 Å². The number of carbonyl (C=O) groups excluding carboxylic acids is 2. The van der Waals surface area contributed by atoms with Gasteiger partial charge in [0.2, 0.25) is 0 Å². The van der Waals surface area contributed by atoms with Gasteiger partial charge in [0.25, 0.3) is 5.91 Å². The molecule has 0 heterocycles. The van der Waals surface area contributed by atoms with E-state index in [2.05, 4.69) is 5.32 Å². The number of nitrogen functional groups attached to an aromatic ring is 1. The summed E-state index contributed by atoms with van der Waals surface area (Å²) < 4.78 is 11.0. The first-order chi connectivity index (χ1) is 14.5. The summed E-state index contributed by atoms with van der Waals surface area (Å²) in [6, 6.07) is 21.2. The van der Waals surface area contributed by atoms with E-state index in [1.807, 2.05) is 36.6 Å². The lowest BCUT2D eigenvalue weighted by Crippen LogP contribution is -2.30. The molecule has 0 saturated heterocycles. The molecule has 1 atom stereocenters. The van der Waals surface area contributed by atoms with E-state index in [1.165, 1.54) is 18.7 Å². The van der Waals surface area contributed by atoms with Gasteiger partial charge in [0.15, 0.2) is 6.10 Å². The summed E-state index contributed by atoms with van der Waals surface area (Å²) in [5, 5.41) is 2.73. The molecular formula is C23H22N2O4S. The second kappa shape index (κ2) is 9.84. The third-order valence-corrected chi connectivity index (χ3v) is 5.02. The summed E-state index contributed by atoms with van der Waals surface area (Å²) in [6.45, 7) is 1.52. The molecule has 0 radical (unpaired) electrons. The molecule has 0 spiro atoms. The molecule has 0 bridgehead atoms. The first-order valence-electron chi connectivity index (χ1n) is 9.24. The van der Waals surface area contributed by atoms with Gasteiger partial charge in [-0.15, -0.1) is 11.8 Å². The normalized spacial score (nSPS) is 11.4. The number of esters is 1. The number of ether oxygens (including phenoxy) is 2. The van der Waals surface area contributed by atoms with Crippen LogP contribution < -0.4 is 15.8 Å². The number of anilines is 2. The van der Waals surface area contributed by atoms with E-state index in [-0.39, 0.29) is 0 Å². The van der Waals surface area contributed by atoms with Gasteiger partial charge in [0.1, 0.15) is 11.5 Å². The average molecular weight is 423 g/mol. The number of nitrogens with two attached hydrogens (primary N) is 1. The molecule has 3 N–H and O–H groups in total. The van der Waals surface area contributed by atoms with Crippen molar-refractivity contribution in [3.05, 3.63) is 78.4 Å². The molecule has 6 nitrogen and oxygen atoms in total. The summed E-state index contributed by atoms with van der Waals surface area (Å²) in [7, 11) is 0. The fourth-order valence-corrected chi connectivity index (χ4v) is 3.14. The summed E-state index contributed by atoms with van der Waals surface area (Å²) >= 11 is 1.43. The number of amides is 1. The molecule has 0 aliphatic rings. The number of benzene rings is 3. The van der Waals surface area contributed by atoms with Crippen molar-refractivity contribution >= 4 is 35.0 Å². The van der Waals surface area contributed by atoms with E-state index in [4.69, 9.17) is 15.2 Å². The van der Waals surface area contributed by atoms with Crippen LogP contribution in [0.2, 0.25) is 0 Å². The first-order valence-corrected chi connectivity index (χ1v) is 10.5. The van der Waals surface area contributed by atoms with E-state index < -0.39 is 18.0 Å².